The van der Waals surface area contributed by atoms with E-state index in [-0.39, 0.29) is 23.5 Å². The number of furan rings is 1. The molecule has 3 heterocycles. The Balaban J connectivity index is 1.37. The van der Waals surface area contributed by atoms with E-state index in [0.29, 0.717) is 48.1 Å². The summed E-state index contributed by atoms with van der Waals surface area (Å²) in [6, 6.07) is 8.61. The van der Waals surface area contributed by atoms with E-state index in [0.717, 1.165) is 5.39 Å². The number of rotatable bonds is 3. The molecular formula is C19H18ClN3O4. The van der Waals surface area contributed by atoms with Gasteiger partial charge >= 0.3 is 0 Å². The number of amides is 2. The molecule has 4 rings (SSSR count). The third-order valence-electron chi connectivity index (χ3n) is 4.72. The van der Waals surface area contributed by atoms with Gasteiger partial charge in [0.15, 0.2) is 11.6 Å². The number of aromatic nitrogens is 1. The quantitative estimate of drug-likeness (QED) is 0.736. The first-order valence-corrected chi connectivity index (χ1v) is 9.10. The average molecular weight is 388 g/mol. The molecule has 0 bridgehead atoms. The van der Waals surface area contributed by atoms with E-state index in [4.69, 9.17) is 20.5 Å². The average Bonchev–Trinajstić information content (AvgIpc) is 3.26. The molecule has 27 heavy (non-hydrogen) atoms. The van der Waals surface area contributed by atoms with Crippen LogP contribution in [0.25, 0.3) is 11.0 Å². The largest absolute Gasteiger partial charge is 0.451 e. The fourth-order valence-corrected chi connectivity index (χ4v) is 3.45. The maximum atomic E-state index is 12.7. The summed E-state index contributed by atoms with van der Waals surface area (Å²) in [5.74, 6) is 0.894. The van der Waals surface area contributed by atoms with E-state index in [9.17, 15) is 9.59 Å². The molecule has 1 saturated heterocycles. The lowest BCUT2D eigenvalue weighted by Gasteiger charge is -2.30. The number of anilines is 1. The molecule has 3 aromatic rings. The van der Waals surface area contributed by atoms with Crippen molar-refractivity contribution < 1.29 is 18.5 Å². The van der Waals surface area contributed by atoms with Crippen LogP contribution in [0, 0.1) is 12.8 Å². The van der Waals surface area contributed by atoms with E-state index >= 15 is 0 Å². The van der Waals surface area contributed by atoms with Crippen molar-refractivity contribution in [2.24, 2.45) is 5.92 Å². The van der Waals surface area contributed by atoms with E-state index in [1.165, 1.54) is 0 Å². The van der Waals surface area contributed by atoms with Gasteiger partial charge in [-0.1, -0.05) is 16.8 Å². The highest BCUT2D eigenvalue weighted by Crippen LogP contribution is 2.26. The van der Waals surface area contributed by atoms with Crippen LogP contribution in [0.5, 0.6) is 0 Å². The van der Waals surface area contributed by atoms with Crippen molar-refractivity contribution >= 4 is 40.2 Å². The van der Waals surface area contributed by atoms with Crippen LogP contribution in [0.3, 0.4) is 0 Å². The van der Waals surface area contributed by atoms with Crippen LogP contribution < -0.4 is 5.32 Å². The summed E-state index contributed by atoms with van der Waals surface area (Å²) in [5, 5.41) is 7.91. The molecule has 7 nitrogen and oxygen atoms in total. The van der Waals surface area contributed by atoms with E-state index < -0.39 is 0 Å². The minimum atomic E-state index is -0.173. The molecule has 2 aromatic heterocycles. The Bertz CT molecular complexity index is 1000. The number of carbonyl (C=O) groups is 2. The first kappa shape index (κ1) is 17.6. The minimum Gasteiger partial charge on any atom is -0.451 e. The predicted molar refractivity (Wildman–Crippen MR) is 99.7 cm³/mol. The highest BCUT2D eigenvalue weighted by Gasteiger charge is 2.29. The van der Waals surface area contributed by atoms with Crippen LogP contribution >= 0.6 is 11.6 Å². The van der Waals surface area contributed by atoms with Gasteiger partial charge in [-0.25, -0.2) is 0 Å². The molecule has 1 aliphatic rings. The number of piperidine rings is 1. The molecule has 0 radical (unpaired) electrons. The number of likely N-dealkylation sites (tertiary alicyclic amines) is 1. The topological polar surface area (TPSA) is 88.6 Å². The number of benzene rings is 1. The first-order chi connectivity index (χ1) is 13.0. The molecule has 140 valence electrons. The highest BCUT2D eigenvalue weighted by molar-refractivity contribution is 6.31. The molecule has 1 N–H and O–H groups in total. The van der Waals surface area contributed by atoms with Gasteiger partial charge in [0.25, 0.3) is 5.91 Å². The van der Waals surface area contributed by atoms with Crippen molar-refractivity contribution in [2.45, 2.75) is 19.8 Å². The Kier molecular flexibility index (Phi) is 4.61. The van der Waals surface area contributed by atoms with Crippen LogP contribution in [0.4, 0.5) is 5.82 Å². The van der Waals surface area contributed by atoms with Gasteiger partial charge in [0.1, 0.15) is 11.3 Å². The Hall–Kier alpha value is -2.80. The van der Waals surface area contributed by atoms with Gasteiger partial charge < -0.3 is 19.2 Å². The molecule has 0 spiro atoms. The molecule has 0 saturated carbocycles. The van der Waals surface area contributed by atoms with Gasteiger partial charge in [-0.05, 0) is 44.0 Å². The second-order valence-electron chi connectivity index (χ2n) is 6.67. The number of halogens is 1. The van der Waals surface area contributed by atoms with Gasteiger partial charge in [0, 0.05) is 35.5 Å². The fourth-order valence-electron chi connectivity index (χ4n) is 3.27. The predicted octanol–water partition coefficient (Wildman–Crippen LogP) is 3.87. The molecular weight excluding hydrogens is 370 g/mol. The second-order valence-corrected chi connectivity index (χ2v) is 7.11. The lowest BCUT2D eigenvalue weighted by atomic mass is 9.95. The second kappa shape index (κ2) is 7.08. The summed E-state index contributed by atoms with van der Waals surface area (Å²) < 4.78 is 10.6. The summed E-state index contributed by atoms with van der Waals surface area (Å²) in [6.07, 6.45) is 1.17. The zero-order chi connectivity index (χ0) is 19.0. The van der Waals surface area contributed by atoms with E-state index in [1.54, 1.807) is 42.2 Å². The molecule has 0 unspecified atom stereocenters. The molecule has 0 atom stereocenters. The number of carbonyl (C=O) groups excluding carboxylic acids is 2. The Morgan fingerprint density at radius 2 is 2.00 bits per heavy atom. The Morgan fingerprint density at radius 3 is 2.70 bits per heavy atom. The number of fused-ring (bicyclic) bond motifs is 1. The summed E-state index contributed by atoms with van der Waals surface area (Å²) in [7, 11) is 0. The Morgan fingerprint density at radius 1 is 1.22 bits per heavy atom. The standard InChI is InChI=1S/C19H18ClN3O4/c1-11-8-17(22-27-11)21-18(24)12-4-6-23(7-5-12)19(25)16-10-13-9-14(20)2-3-15(13)26-16/h2-3,8-10,12H,4-7H2,1H3,(H,21,22,24). The zero-order valence-corrected chi connectivity index (χ0v) is 15.5. The lowest BCUT2D eigenvalue weighted by Crippen LogP contribution is -2.41. The van der Waals surface area contributed by atoms with Gasteiger partial charge in [0.2, 0.25) is 5.91 Å². The monoisotopic (exact) mass is 387 g/mol. The number of nitrogens with zero attached hydrogens (tertiary/aromatic N) is 2. The van der Waals surface area contributed by atoms with Crippen molar-refractivity contribution in [1.29, 1.82) is 0 Å². The highest BCUT2D eigenvalue weighted by atomic mass is 35.5. The van der Waals surface area contributed by atoms with Crippen molar-refractivity contribution in [3.05, 3.63) is 46.9 Å². The van der Waals surface area contributed by atoms with Gasteiger partial charge in [-0.2, -0.15) is 0 Å². The number of hydrogen-bond donors (Lipinski definition) is 1. The minimum absolute atomic E-state index is 0.103. The van der Waals surface area contributed by atoms with Crippen LogP contribution in [0.15, 0.2) is 39.3 Å². The van der Waals surface area contributed by atoms with E-state index in [1.807, 2.05) is 0 Å². The summed E-state index contributed by atoms with van der Waals surface area (Å²) in [5.41, 5.74) is 0.625. The fraction of sp³-hybridized carbons (Fsp3) is 0.316. The molecule has 8 heteroatoms. The van der Waals surface area contributed by atoms with Gasteiger partial charge in [0.05, 0.1) is 0 Å². The maximum absolute atomic E-state index is 12.7. The van der Waals surface area contributed by atoms with Crippen LogP contribution in [-0.4, -0.2) is 35.0 Å². The van der Waals surface area contributed by atoms with Gasteiger partial charge in [-0.15, -0.1) is 0 Å². The van der Waals surface area contributed by atoms with E-state index in [2.05, 4.69) is 10.5 Å². The number of nitrogens with one attached hydrogen (secondary N) is 1. The van der Waals surface area contributed by atoms with Crippen molar-refractivity contribution in [1.82, 2.24) is 10.1 Å². The number of aryl methyl sites for hydroxylation is 1. The maximum Gasteiger partial charge on any atom is 0.289 e. The normalized spacial score (nSPS) is 15.3. The molecule has 1 fully saturated rings. The summed E-state index contributed by atoms with van der Waals surface area (Å²) in [6.45, 7) is 2.75. The van der Waals surface area contributed by atoms with Crippen molar-refractivity contribution in [3.8, 4) is 0 Å². The van der Waals surface area contributed by atoms with Crippen LogP contribution in [-0.2, 0) is 4.79 Å². The zero-order valence-electron chi connectivity index (χ0n) is 14.7. The smallest absolute Gasteiger partial charge is 0.289 e. The SMILES string of the molecule is Cc1cc(NC(=O)C2CCN(C(=O)c3cc4cc(Cl)ccc4o3)CC2)no1. The Labute approximate surface area is 160 Å². The van der Waals surface area contributed by atoms with Gasteiger partial charge in [-0.3, -0.25) is 9.59 Å². The lowest BCUT2D eigenvalue weighted by molar-refractivity contribution is -0.121. The molecule has 0 aliphatic carbocycles. The van der Waals surface area contributed by atoms with Crippen LogP contribution in [0.1, 0.15) is 29.2 Å². The molecule has 2 amide bonds. The van der Waals surface area contributed by atoms with Crippen molar-refractivity contribution in [3.63, 3.8) is 0 Å². The molecule has 1 aliphatic heterocycles. The third-order valence-corrected chi connectivity index (χ3v) is 4.96. The third kappa shape index (κ3) is 3.68. The van der Waals surface area contributed by atoms with Crippen molar-refractivity contribution in [2.75, 3.05) is 18.4 Å². The van der Waals surface area contributed by atoms with Crippen LogP contribution in [0.2, 0.25) is 5.02 Å². The molecule has 1 aromatic carbocycles. The number of hydrogen-bond acceptors (Lipinski definition) is 5. The summed E-state index contributed by atoms with van der Waals surface area (Å²) >= 11 is 5.98. The first-order valence-electron chi connectivity index (χ1n) is 8.72. The summed E-state index contributed by atoms with van der Waals surface area (Å²) in [4.78, 5) is 26.8.